The Bertz CT molecular complexity index is 1210. The number of carbonyl (C=O) groups excluding carboxylic acids is 1. The smallest absolute Gasteiger partial charge is 0.273 e. The highest BCUT2D eigenvalue weighted by Gasteiger charge is 2.36. The van der Waals surface area contributed by atoms with Gasteiger partial charge in [0.2, 0.25) is 0 Å². The molecule has 37 heavy (non-hydrogen) atoms. The van der Waals surface area contributed by atoms with E-state index in [0.29, 0.717) is 32.3 Å². The number of morpholine rings is 1. The van der Waals surface area contributed by atoms with E-state index < -0.39 is 17.3 Å². The van der Waals surface area contributed by atoms with Gasteiger partial charge in [0.1, 0.15) is 28.8 Å². The number of rotatable bonds is 10. The maximum atomic E-state index is 14.4. The number of thiazole rings is 1. The molecule has 1 aromatic carbocycles. The molecule has 0 bridgehead atoms. The topological polar surface area (TPSA) is 158 Å². The molecule has 1 aromatic heterocycles. The zero-order valence-corrected chi connectivity index (χ0v) is 21.1. The van der Waals surface area contributed by atoms with Crippen LogP contribution < -0.4 is 10.5 Å². The Labute approximate surface area is 217 Å². The summed E-state index contributed by atoms with van der Waals surface area (Å²) in [6, 6.07) is 2.54. The summed E-state index contributed by atoms with van der Waals surface area (Å²) in [5.74, 6) is -1.65. The van der Waals surface area contributed by atoms with Crippen molar-refractivity contribution >= 4 is 34.4 Å². The quantitative estimate of drug-likeness (QED) is 0.156. The maximum Gasteiger partial charge on any atom is 0.273 e. The molecule has 2 aliphatic heterocycles. The van der Waals surface area contributed by atoms with E-state index >= 15 is 0 Å². The molecule has 2 aliphatic rings. The molecular weight excluding hydrogens is 503 g/mol. The van der Waals surface area contributed by atoms with Gasteiger partial charge >= 0.3 is 0 Å². The van der Waals surface area contributed by atoms with Gasteiger partial charge in [0.15, 0.2) is 11.6 Å². The summed E-state index contributed by atoms with van der Waals surface area (Å²) in [4.78, 5) is 21.1. The number of nitrogens with zero attached hydrogens (tertiary/aromatic N) is 3. The molecule has 1 amide bonds. The number of anilines is 1. The van der Waals surface area contributed by atoms with Gasteiger partial charge in [0, 0.05) is 68.1 Å². The Morgan fingerprint density at radius 1 is 1.32 bits per heavy atom. The van der Waals surface area contributed by atoms with E-state index in [0.717, 1.165) is 36.6 Å². The molecule has 0 atom stereocenters. The van der Waals surface area contributed by atoms with Gasteiger partial charge in [-0.25, -0.2) is 9.37 Å². The number of ether oxygens (including phenoxy) is 3. The summed E-state index contributed by atoms with van der Waals surface area (Å²) in [7, 11) is 1.49. The highest BCUT2D eigenvalue weighted by Crippen LogP contribution is 2.26. The average molecular weight is 533 g/mol. The van der Waals surface area contributed by atoms with E-state index in [1.165, 1.54) is 13.2 Å². The van der Waals surface area contributed by atoms with Crippen molar-refractivity contribution in [2.75, 3.05) is 65.5 Å². The normalized spacial score (nSPS) is 16.9. The molecule has 0 saturated carbocycles. The molecule has 0 spiro atoms. The lowest BCUT2D eigenvalue weighted by Gasteiger charge is -2.46. The number of methoxy groups -OCH3 is 1. The van der Waals surface area contributed by atoms with Gasteiger partial charge in [-0.1, -0.05) is 0 Å². The number of benzene rings is 1. The first-order chi connectivity index (χ1) is 17.8. The molecule has 2 aromatic rings. The van der Waals surface area contributed by atoms with E-state index in [1.807, 2.05) is 0 Å². The van der Waals surface area contributed by atoms with Gasteiger partial charge in [-0.15, -0.1) is 11.3 Å². The average Bonchev–Trinajstić information content (AvgIpc) is 3.36. The zero-order chi connectivity index (χ0) is 26.5. The van der Waals surface area contributed by atoms with Gasteiger partial charge in [-0.2, -0.15) is 0 Å². The number of halogens is 1. The van der Waals surface area contributed by atoms with E-state index in [-0.39, 0.29) is 52.5 Å². The molecule has 198 valence electrons. The first-order valence-corrected chi connectivity index (χ1v) is 12.5. The van der Waals surface area contributed by atoms with Crippen LogP contribution >= 0.6 is 11.3 Å². The highest BCUT2D eigenvalue weighted by molar-refractivity contribution is 7.12. The van der Waals surface area contributed by atoms with Crippen LogP contribution in [0.25, 0.3) is 0 Å². The van der Waals surface area contributed by atoms with Crippen molar-refractivity contribution in [1.29, 1.82) is 10.8 Å². The largest absolute Gasteiger partial charge is 0.506 e. The van der Waals surface area contributed by atoms with Crippen molar-refractivity contribution in [2.24, 2.45) is 0 Å². The molecule has 0 aliphatic carbocycles. The first-order valence-electron chi connectivity index (χ1n) is 11.6. The van der Waals surface area contributed by atoms with Crippen LogP contribution in [0, 0.1) is 16.6 Å². The predicted molar refractivity (Wildman–Crippen MR) is 137 cm³/mol. The second-order valence-corrected chi connectivity index (χ2v) is 9.44. The number of nitrogens with two attached hydrogens (primary N) is 1. The van der Waals surface area contributed by atoms with Gasteiger partial charge in [-0.05, 0) is 6.07 Å². The van der Waals surface area contributed by atoms with Crippen molar-refractivity contribution in [3.05, 3.63) is 51.4 Å². The summed E-state index contributed by atoms with van der Waals surface area (Å²) < 4.78 is 29.9. The molecular formula is C24H29FN6O5S. The monoisotopic (exact) mass is 532 g/mol. The number of amides is 1. The van der Waals surface area contributed by atoms with Crippen LogP contribution in [-0.2, 0) is 9.47 Å². The van der Waals surface area contributed by atoms with Crippen molar-refractivity contribution in [3.63, 3.8) is 0 Å². The molecule has 5 N–H and O–H groups in total. The van der Waals surface area contributed by atoms with Crippen LogP contribution in [0.5, 0.6) is 5.75 Å². The van der Waals surface area contributed by atoms with Crippen LogP contribution in [0.3, 0.4) is 0 Å². The summed E-state index contributed by atoms with van der Waals surface area (Å²) in [6.07, 6.45) is 1.02. The van der Waals surface area contributed by atoms with Gasteiger partial charge in [0.05, 0.1) is 25.5 Å². The van der Waals surface area contributed by atoms with E-state index in [2.05, 4.69) is 9.88 Å². The summed E-state index contributed by atoms with van der Waals surface area (Å²) >= 11 is 1.09. The van der Waals surface area contributed by atoms with E-state index in [9.17, 15) is 14.3 Å². The van der Waals surface area contributed by atoms with Gasteiger partial charge in [0.25, 0.3) is 5.91 Å². The molecule has 11 nitrogen and oxygen atoms in total. The standard InChI is InChI=1S/C24H29FN6O5S/c1-34-6-7-36-21-10-17(26)15(8-16(21)25)22(28)20(32)9-18(27)23-29-19(13-37-23)24(33)31-11-14(12-31)30-2-4-35-5-3-30/h8-10,13-14,27-28,32H,2-7,11-12,26H2,1H3/b20-9-,27-18?,28-22?. The number of likely N-dealkylation sites (tertiary alicyclic amines) is 1. The van der Waals surface area contributed by atoms with E-state index in [4.69, 9.17) is 30.8 Å². The molecule has 0 unspecified atom stereocenters. The second kappa shape index (κ2) is 11.8. The fourth-order valence-electron chi connectivity index (χ4n) is 3.99. The lowest BCUT2D eigenvalue weighted by atomic mass is 10.0. The van der Waals surface area contributed by atoms with Crippen LogP contribution in [0.15, 0.2) is 29.3 Å². The highest BCUT2D eigenvalue weighted by atomic mass is 32.1. The lowest BCUT2D eigenvalue weighted by molar-refractivity contribution is -0.0257. The molecule has 2 fully saturated rings. The Hall–Kier alpha value is -3.39. The minimum absolute atomic E-state index is 0.0253. The van der Waals surface area contributed by atoms with Gasteiger partial charge in [-0.3, -0.25) is 20.5 Å². The second-order valence-electron chi connectivity index (χ2n) is 8.58. The van der Waals surface area contributed by atoms with Crippen LogP contribution in [0.2, 0.25) is 0 Å². The molecule has 4 rings (SSSR count). The molecule has 2 saturated heterocycles. The number of nitrogens with one attached hydrogen (secondary N) is 2. The summed E-state index contributed by atoms with van der Waals surface area (Å²) in [5.41, 5.74) is 5.48. The Morgan fingerprint density at radius 2 is 2.05 bits per heavy atom. The van der Waals surface area contributed by atoms with E-state index in [1.54, 1.807) is 10.3 Å². The summed E-state index contributed by atoms with van der Waals surface area (Å²) in [5, 5.41) is 28.7. The number of hydrogen-bond donors (Lipinski definition) is 4. The summed E-state index contributed by atoms with van der Waals surface area (Å²) in [6.45, 7) is 4.76. The Morgan fingerprint density at radius 3 is 2.76 bits per heavy atom. The van der Waals surface area contributed by atoms with Crippen LogP contribution in [-0.4, -0.2) is 103 Å². The minimum Gasteiger partial charge on any atom is -0.506 e. The minimum atomic E-state index is -0.752. The Kier molecular flexibility index (Phi) is 8.48. The molecule has 0 radical (unpaired) electrons. The van der Waals surface area contributed by atoms with Crippen molar-refractivity contribution in [3.8, 4) is 5.75 Å². The first kappa shape index (κ1) is 26.7. The number of carbonyl (C=O) groups is 1. The number of aromatic nitrogens is 1. The number of allylic oxidation sites excluding steroid dienone is 2. The number of nitrogen functional groups attached to an aromatic ring is 1. The SMILES string of the molecule is COCCOc1cc(N)c(C(=N)/C(O)=C/C(=N)c2nc(C(=O)N3CC(N4CCOCC4)C3)cs2)cc1F. The lowest BCUT2D eigenvalue weighted by Crippen LogP contribution is -2.62. The number of aliphatic hydroxyl groups is 1. The number of hydrogen-bond acceptors (Lipinski definition) is 11. The number of aliphatic hydroxyl groups excluding tert-OH is 1. The molecule has 3 heterocycles. The van der Waals surface area contributed by atoms with Gasteiger partial charge < -0.3 is 30.0 Å². The molecule has 13 heteroatoms. The van der Waals surface area contributed by atoms with Crippen molar-refractivity contribution in [2.45, 2.75) is 6.04 Å². The van der Waals surface area contributed by atoms with Crippen molar-refractivity contribution in [1.82, 2.24) is 14.8 Å². The van der Waals surface area contributed by atoms with Crippen LogP contribution in [0.4, 0.5) is 10.1 Å². The van der Waals surface area contributed by atoms with Crippen LogP contribution in [0.1, 0.15) is 21.1 Å². The third kappa shape index (κ3) is 6.13. The van der Waals surface area contributed by atoms with Crippen molar-refractivity contribution < 1.29 is 28.5 Å². The third-order valence-electron chi connectivity index (χ3n) is 6.12. The third-order valence-corrected chi connectivity index (χ3v) is 7.00. The Balaban J connectivity index is 1.37. The fourth-order valence-corrected chi connectivity index (χ4v) is 4.71. The maximum absolute atomic E-state index is 14.4. The fraction of sp³-hybridized carbons (Fsp3) is 0.417. The zero-order valence-electron chi connectivity index (χ0n) is 20.3. The predicted octanol–water partition coefficient (Wildman–Crippen LogP) is 1.92.